The monoisotopic (exact) mass is 451 g/mol. The molecule has 1 aliphatic heterocycles. The van der Waals surface area contributed by atoms with Crippen LogP contribution in [0, 0.1) is 5.41 Å². The largest absolute Gasteiger partial charge is 0.323 e. The molecule has 4 heterocycles. The van der Waals surface area contributed by atoms with E-state index in [1.807, 2.05) is 18.5 Å². The predicted octanol–water partition coefficient (Wildman–Crippen LogP) is 4.73. The number of H-pyrrole nitrogens is 1. The highest BCUT2D eigenvalue weighted by molar-refractivity contribution is 5.86. The molecule has 1 atom stereocenters. The normalized spacial score (nSPS) is 26.1. The SMILES string of the molecule is N[C@@H]1c2ccccc2CC12CCC(c1cnc3c(N4CCCc5ncccc54)n[nH]c3n1)CC2. The van der Waals surface area contributed by atoms with Crippen LogP contribution in [0.15, 0.2) is 48.8 Å². The van der Waals surface area contributed by atoms with E-state index in [9.17, 15) is 0 Å². The van der Waals surface area contributed by atoms with Crippen molar-refractivity contribution in [2.75, 3.05) is 11.4 Å². The Hall–Kier alpha value is -3.32. The van der Waals surface area contributed by atoms with Crippen molar-refractivity contribution in [1.82, 2.24) is 25.1 Å². The molecular formula is C27H29N7. The first-order valence-corrected chi connectivity index (χ1v) is 12.5. The number of nitrogens with zero attached hydrogens (tertiary/aromatic N) is 5. The zero-order valence-electron chi connectivity index (χ0n) is 19.2. The average molecular weight is 452 g/mol. The van der Waals surface area contributed by atoms with Crippen LogP contribution in [0.25, 0.3) is 11.2 Å². The maximum absolute atomic E-state index is 6.77. The molecule has 0 saturated heterocycles. The Balaban J connectivity index is 1.13. The molecule has 1 aromatic carbocycles. The lowest BCUT2D eigenvalue weighted by Gasteiger charge is -2.40. The summed E-state index contributed by atoms with van der Waals surface area (Å²) in [5.41, 5.74) is 14.7. The molecule has 1 saturated carbocycles. The fourth-order valence-corrected chi connectivity index (χ4v) is 6.59. The second kappa shape index (κ2) is 7.60. The number of aromatic amines is 1. The van der Waals surface area contributed by atoms with Crippen LogP contribution in [0.2, 0.25) is 0 Å². The zero-order valence-corrected chi connectivity index (χ0v) is 19.2. The lowest BCUT2D eigenvalue weighted by Crippen LogP contribution is -2.35. The van der Waals surface area contributed by atoms with Crippen LogP contribution in [-0.4, -0.2) is 31.7 Å². The van der Waals surface area contributed by atoms with Gasteiger partial charge in [-0.2, -0.15) is 5.10 Å². The number of benzene rings is 1. The summed E-state index contributed by atoms with van der Waals surface area (Å²) >= 11 is 0. The van der Waals surface area contributed by atoms with Crippen molar-refractivity contribution in [3.8, 4) is 0 Å². The van der Waals surface area contributed by atoms with E-state index in [0.29, 0.717) is 5.92 Å². The first kappa shape index (κ1) is 20.1. The summed E-state index contributed by atoms with van der Waals surface area (Å²) in [5, 5.41) is 7.78. The standard InChI is InChI=1S/C27H29N7/c28-24-19-6-2-1-5-18(19)15-27(24)11-9-17(10-12-27)21-16-30-23-25(31-21)32-33-26(23)34-14-4-7-20-22(34)8-3-13-29-20/h1-3,5-6,8,13,16-17,24H,4,7,9-12,14-15,28H2,(H,31,32,33)/t17?,24-,27?/m1/s1. The summed E-state index contributed by atoms with van der Waals surface area (Å²) in [6.07, 6.45) is 11.5. The number of fused-ring (bicyclic) bond motifs is 3. The minimum atomic E-state index is 0.148. The van der Waals surface area contributed by atoms with Gasteiger partial charge in [0, 0.05) is 30.9 Å². The highest BCUT2D eigenvalue weighted by Crippen LogP contribution is 2.55. The maximum Gasteiger partial charge on any atom is 0.183 e. The highest BCUT2D eigenvalue weighted by Gasteiger charge is 2.46. The minimum Gasteiger partial charge on any atom is -0.323 e. The van der Waals surface area contributed by atoms with E-state index in [1.165, 1.54) is 11.1 Å². The fraction of sp³-hybridized carbons (Fsp3) is 0.407. The molecule has 0 radical (unpaired) electrons. The number of rotatable bonds is 2. The summed E-state index contributed by atoms with van der Waals surface area (Å²) < 4.78 is 0. The van der Waals surface area contributed by atoms with Crippen molar-refractivity contribution in [2.45, 2.75) is 56.9 Å². The van der Waals surface area contributed by atoms with Gasteiger partial charge in [-0.1, -0.05) is 24.3 Å². The van der Waals surface area contributed by atoms with Crippen molar-refractivity contribution in [1.29, 1.82) is 0 Å². The number of nitrogens with two attached hydrogens (primary N) is 1. The summed E-state index contributed by atoms with van der Waals surface area (Å²) in [6, 6.07) is 13.0. The van der Waals surface area contributed by atoms with E-state index in [2.05, 4.69) is 50.4 Å². The van der Waals surface area contributed by atoms with Crippen LogP contribution in [-0.2, 0) is 12.8 Å². The van der Waals surface area contributed by atoms with E-state index >= 15 is 0 Å². The van der Waals surface area contributed by atoms with Crippen LogP contribution >= 0.6 is 0 Å². The van der Waals surface area contributed by atoms with Gasteiger partial charge >= 0.3 is 0 Å². The molecule has 2 aliphatic carbocycles. The van der Waals surface area contributed by atoms with Crippen LogP contribution in [0.4, 0.5) is 11.5 Å². The second-order valence-corrected chi connectivity index (χ2v) is 10.3. The molecular weight excluding hydrogens is 422 g/mol. The van der Waals surface area contributed by atoms with E-state index in [0.717, 1.165) is 85.5 Å². The topological polar surface area (TPSA) is 96.6 Å². The van der Waals surface area contributed by atoms with Gasteiger partial charge in [0.15, 0.2) is 17.0 Å². The lowest BCUT2D eigenvalue weighted by molar-refractivity contribution is 0.148. The van der Waals surface area contributed by atoms with Crippen molar-refractivity contribution in [3.63, 3.8) is 0 Å². The van der Waals surface area contributed by atoms with E-state index < -0.39 is 0 Å². The summed E-state index contributed by atoms with van der Waals surface area (Å²) in [6.45, 7) is 0.912. The maximum atomic E-state index is 6.77. The molecule has 7 rings (SSSR count). The van der Waals surface area contributed by atoms with E-state index in [1.54, 1.807) is 0 Å². The van der Waals surface area contributed by atoms with E-state index in [4.69, 9.17) is 15.7 Å². The number of aromatic nitrogens is 5. The fourth-order valence-electron chi connectivity index (χ4n) is 6.59. The number of aryl methyl sites for hydroxylation is 1. The molecule has 0 amide bonds. The van der Waals surface area contributed by atoms with Gasteiger partial charge in [-0.05, 0) is 73.6 Å². The van der Waals surface area contributed by atoms with Crippen LogP contribution in [0.3, 0.4) is 0 Å². The minimum absolute atomic E-state index is 0.148. The van der Waals surface area contributed by atoms with Crippen molar-refractivity contribution >= 4 is 22.7 Å². The Morgan fingerprint density at radius 1 is 1.06 bits per heavy atom. The third-order valence-electron chi connectivity index (χ3n) is 8.47. The number of hydrogen-bond acceptors (Lipinski definition) is 6. The molecule has 7 nitrogen and oxygen atoms in total. The predicted molar refractivity (Wildman–Crippen MR) is 132 cm³/mol. The Labute approximate surface area is 198 Å². The average Bonchev–Trinajstić information content (AvgIpc) is 3.43. The molecule has 0 unspecified atom stereocenters. The van der Waals surface area contributed by atoms with Gasteiger partial charge < -0.3 is 10.6 Å². The summed E-state index contributed by atoms with van der Waals surface area (Å²) in [4.78, 5) is 16.6. The first-order valence-electron chi connectivity index (χ1n) is 12.5. The summed E-state index contributed by atoms with van der Waals surface area (Å²) in [7, 11) is 0. The Bertz CT molecular complexity index is 1370. The number of anilines is 2. The number of pyridine rings is 1. The molecule has 3 aliphatic rings. The zero-order chi connectivity index (χ0) is 22.7. The molecule has 4 aromatic rings. The van der Waals surface area contributed by atoms with E-state index in [-0.39, 0.29) is 11.5 Å². The number of hydrogen-bond donors (Lipinski definition) is 2. The molecule has 34 heavy (non-hydrogen) atoms. The van der Waals surface area contributed by atoms with Crippen molar-refractivity contribution < 1.29 is 0 Å². The van der Waals surface area contributed by atoms with Gasteiger partial charge in [0.1, 0.15) is 0 Å². The smallest absolute Gasteiger partial charge is 0.183 e. The lowest BCUT2D eigenvalue weighted by atomic mass is 9.66. The highest BCUT2D eigenvalue weighted by atomic mass is 15.3. The van der Waals surface area contributed by atoms with Crippen molar-refractivity contribution in [3.05, 3.63) is 71.3 Å². The van der Waals surface area contributed by atoms with Gasteiger partial charge in [-0.3, -0.25) is 10.1 Å². The third kappa shape index (κ3) is 2.99. The Kier molecular flexibility index (Phi) is 4.49. The van der Waals surface area contributed by atoms with Crippen LogP contribution in [0.5, 0.6) is 0 Å². The molecule has 3 aromatic heterocycles. The molecule has 1 fully saturated rings. The quantitative estimate of drug-likeness (QED) is 0.457. The number of nitrogens with one attached hydrogen (secondary N) is 1. The van der Waals surface area contributed by atoms with Gasteiger partial charge in [0.05, 0.1) is 17.1 Å². The van der Waals surface area contributed by atoms with Crippen LogP contribution in [0.1, 0.15) is 66.6 Å². The first-order chi connectivity index (χ1) is 16.7. The van der Waals surface area contributed by atoms with Gasteiger partial charge in [-0.25, -0.2) is 9.97 Å². The van der Waals surface area contributed by atoms with Crippen LogP contribution < -0.4 is 10.6 Å². The van der Waals surface area contributed by atoms with Gasteiger partial charge in [-0.15, -0.1) is 0 Å². The molecule has 1 spiro atoms. The molecule has 3 N–H and O–H groups in total. The third-order valence-corrected chi connectivity index (χ3v) is 8.47. The molecule has 172 valence electrons. The van der Waals surface area contributed by atoms with Crippen molar-refractivity contribution in [2.24, 2.45) is 11.1 Å². The second-order valence-electron chi connectivity index (χ2n) is 10.3. The Morgan fingerprint density at radius 3 is 2.82 bits per heavy atom. The molecule has 0 bridgehead atoms. The Morgan fingerprint density at radius 2 is 1.94 bits per heavy atom. The van der Waals surface area contributed by atoms with Gasteiger partial charge in [0.25, 0.3) is 0 Å². The van der Waals surface area contributed by atoms with Gasteiger partial charge in [0.2, 0.25) is 0 Å². The summed E-state index contributed by atoms with van der Waals surface area (Å²) in [5.74, 6) is 1.27. The molecule has 7 heteroatoms.